The third kappa shape index (κ3) is 3.61. The predicted octanol–water partition coefficient (Wildman–Crippen LogP) is 4.02. The van der Waals surface area contributed by atoms with E-state index in [1.54, 1.807) is 43.3 Å². The van der Waals surface area contributed by atoms with Crippen molar-refractivity contribution in [3.63, 3.8) is 0 Å². The van der Waals surface area contributed by atoms with Gasteiger partial charge in [-0.1, -0.05) is 34.1 Å². The SMILES string of the molecule is COC(=O)C1=C(C)N(c2cccc(Br)c2)C(=O)C1=Cc1ccc(C(=O)O)cc1. The van der Waals surface area contributed by atoms with Crippen molar-refractivity contribution in [3.8, 4) is 0 Å². The van der Waals surface area contributed by atoms with Gasteiger partial charge in [0.15, 0.2) is 0 Å². The summed E-state index contributed by atoms with van der Waals surface area (Å²) in [4.78, 5) is 38.0. The van der Waals surface area contributed by atoms with Crippen molar-refractivity contribution in [1.82, 2.24) is 0 Å². The number of hydrogen-bond acceptors (Lipinski definition) is 4. The quantitative estimate of drug-likeness (QED) is 0.571. The van der Waals surface area contributed by atoms with Crippen LogP contribution >= 0.6 is 15.9 Å². The normalized spacial score (nSPS) is 15.3. The molecule has 1 N–H and O–H groups in total. The zero-order chi connectivity index (χ0) is 20.4. The van der Waals surface area contributed by atoms with Crippen LogP contribution in [-0.2, 0) is 14.3 Å². The molecule has 0 unspecified atom stereocenters. The fourth-order valence-electron chi connectivity index (χ4n) is 2.99. The summed E-state index contributed by atoms with van der Waals surface area (Å²) in [5.41, 5.74) is 2.17. The molecule has 2 aromatic rings. The zero-order valence-corrected chi connectivity index (χ0v) is 16.7. The molecule has 1 heterocycles. The van der Waals surface area contributed by atoms with E-state index in [4.69, 9.17) is 9.84 Å². The van der Waals surface area contributed by atoms with Crippen LogP contribution in [0.25, 0.3) is 6.08 Å². The number of nitrogens with zero attached hydrogens (tertiary/aromatic N) is 1. The van der Waals surface area contributed by atoms with Gasteiger partial charge in [0.1, 0.15) is 0 Å². The summed E-state index contributed by atoms with van der Waals surface area (Å²) in [6, 6.07) is 13.2. The Morgan fingerprint density at radius 1 is 1.14 bits per heavy atom. The highest BCUT2D eigenvalue weighted by molar-refractivity contribution is 9.10. The fourth-order valence-corrected chi connectivity index (χ4v) is 3.38. The molecule has 0 radical (unpaired) electrons. The number of aromatic carboxylic acids is 1. The fraction of sp³-hybridized carbons (Fsp3) is 0.0952. The Labute approximate surface area is 169 Å². The average molecular weight is 442 g/mol. The Bertz CT molecular complexity index is 1040. The maximum absolute atomic E-state index is 13.1. The first-order valence-electron chi connectivity index (χ1n) is 8.28. The van der Waals surface area contributed by atoms with Gasteiger partial charge in [-0.3, -0.25) is 9.69 Å². The predicted molar refractivity (Wildman–Crippen MR) is 108 cm³/mol. The Morgan fingerprint density at radius 3 is 2.39 bits per heavy atom. The second-order valence-corrected chi connectivity index (χ2v) is 6.97. The van der Waals surface area contributed by atoms with Crippen molar-refractivity contribution in [1.29, 1.82) is 0 Å². The largest absolute Gasteiger partial charge is 0.478 e. The highest BCUT2D eigenvalue weighted by atomic mass is 79.9. The first kappa shape index (κ1) is 19.6. The van der Waals surface area contributed by atoms with Gasteiger partial charge in [-0.25, -0.2) is 9.59 Å². The Hall–Kier alpha value is -3.19. The van der Waals surface area contributed by atoms with Crippen molar-refractivity contribution in [2.24, 2.45) is 0 Å². The molecule has 0 saturated heterocycles. The number of carboxylic acids is 1. The van der Waals surface area contributed by atoms with Crippen molar-refractivity contribution < 1.29 is 24.2 Å². The van der Waals surface area contributed by atoms with E-state index >= 15 is 0 Å². The third-order valence-electron chi connectivity index (χ3n) is 4.32. The number of esters is 1. The highest BCUT2D eigenvalue weighted by Crippen LogP contribution is 2.36. The number of methoxy groups -OCH3 is 1. The minimum atomic E-state index is -1.04. The van der Waals surface area contributed by atoms with Gasteiger partial charge in [-0.2, -0.15) is 0 Å². The number of benzene rings is 2. The zero-order valence-electron chi connectivity index (χ0n) is 15.1. The lowest BCUT2D eigenvalue weighted by atomic mass is 10.0. The standard InChI is InChI=1S/C21H16BrNO5/c1-12-18(21(27)28-2)17(10-13-6-8-14(9-7-13)20(25)26)19(24)23(12)16-5-3-4-15(22)11-16/h3-11H,1-2H3,(H,25,26). The molecule has 0 bridgehead atoms. The van der Waals surface area contributed by atoms with Crippen LogP contribution in [0.15, 0.2) is 69.8 Å². The Kier molecular flexibility index (Phi) is 5.46. The molecule has 0 spiro atoms. The first-order chi connectivity index (χ1) is 13.3. The summed E-state index contributed by atoms with van der Waals surface area (Å²) < 4.78 is 5.67. The smallest absolute Gasteiger partial charge is 0.340 e. The number of amides is 1. The summed E-state index contributed by atoms with van der Waals surface area (Å²) in [5.74, 6) is -2.02. The van der Waals surface area contributed by atoms with Gasteiger partial charge < -0.3 is 9.84 Å². The molecule has 0 fully saturated rings. The second-order valence-electron chi connectivity index (χ2n) is 6.06. The van der Waals surface area contributed by atoms with Gasteiger partial charge in [0, 0.05) is 10.2 Å². The number of carboxylic acid groups (broad SMARTS) is 1. The minimum absolute atomic E-state index is 0.135. The van der Waals surface area contributed by atoms with Crippen molar-refractivity contribution in [2.75, 3.05) is 12.0 Å². The number of carbonyl (C=O) groups excluding carboxylic acids is 2. The van der Waals surface area contributed by atoms with Crippen LogP contribution < -0.4 is 4.90 Å². The molecule has 7 heteroatoms. The summed E-state index contributed by atoms with van der Waals surface area (Å²) in [6.45, 7) is 1.68. The van der Waals surface area contributed by atoms with Crippen molar-refractivity contribution >= 4 is 45.5 Å². The van der Waals surface area contributed by atoms with Crippen molar-refractivity contribution in [2.45, 2.75) is 6.92 Å². The van der Waals surface area contributed by atoms with Crippen LogP contribution in [0, 0.1) is 0 Å². The molecule has 6 nitrogen and oxygen atoms in total. The molecule has 1 amide bonds. The number of hydrogen-bond donors (Lipinski definition) is 1. The molecule has 28 heavy (non-hydrogen) atoms. The van der Waals surface area contributed by atoms with Crippen LogP contribution in [0.1, 0.15) is 22.8 Å². The molecule has 0 atom stereocenters. The summed E-state index contributed by atoms with van der Waals surface area (Å²) in [5, 5.41) is 9.02. The summed E-state index contributed by atoms with van der Waals surface area (Å²) in [7, 11) is 1.26. The number of anilines is 1. The minimum Gasteiger partial charge on any atom is -0.478 e. The van der Waals surface area contributed by atoms with Gasteiger partial charge in [0.2, 0.25) is 0 Å². The maximum atomic E-state index is 13.1. The van der Waals surface area contributed by atoms with Gasteiger partial charge in [0.05, 0.1) is 29.5 Å². The van der Waals surface area contributed by atoms with Crippen molar-refractivity contribution in [3.05, 3.63) is 81.0 Å². The maximum Gasteiger partial charge on any atom is 0.340 e. The summed E-state index contributed by atoms with van der Waals surface area (Å²) >= 11 is 3.39. The molecule has 0 aromatic heterocycles. The van der Waals surface area contributed by atoms with E-state index < -0.39 is 11.9 Å². The monoisotopic (exact) mass is 441 g/mol. The van der Waals surface area contributed by atoms with Gasteiger partial charge >= 0.3 is 11.9 Å². The van der Waals surface area contributed by atoms with E-state index in [9.17, 15) is 14.4 Å². The van der Waals surface area contributed by atoms with Crippen LogP contribution in [0.4, 0.5) is 5.69 Å². The van der Waals surface area contributed by atoms with E-state index in [1.807, 2.05) is 6.07 Å². The van der Waals surface area contributed by atoms with E-state index in [2.05, 4.69) is 15.9 Å². The van der Waals surface area contributed by atoms with E-state index in [0.29, 0.717) is 16.9 Å². The molecule has 0 aliphatic carbocycles. The molecule has 1 aliphatic rings. The number of ether oxygens (including phenoxy) is 1. The molecule has 0 saturated carbocycles. The lowest BCUT2D eigenvalue weighted by molar-refractivity contribution is -0.136. The number of halogens is 1. The van der Waals surface area contributed by atoms with Crippen LogP contribution in [-0.4, -0.2) is 30.1 Å². The molecule has 1 aliphatic heterocycles. The Morgan fingerprint density at radius 2 is 1.82 bits per heavy atom. The van der Waals surface area contributed by atoms with E-state index in [0.717, 1.165) is 4.47 Å². The second kappa shape index (κ2) is 7.82. The molecular formula is C21H16BrNO5. The average Bonchev–Trinajstić information content (AvgIpc) is 2.91. The van der Waals surface area contributed by atoms with Gasteiger partial charge in [-0.15, -0.1) is 0 Å². The van der Waals surface area contributed by atoms with Gasteiger partial charge in [-0.05, 0) is 48.9 Å². The van der Waals surface area contributed by atoms with Crippen LogP contribution in [0.5, 0.6) is 0 Å². The van der Waals surface area contributed by atoms with E-state index in [-0.39, 0.29) is 22.6 Å². The molecular weight excluding hydrogens is 426 g/mol. The van der Waals surface area contributed by atoms with Gasteiger partial charge in [0.25, 0.3) is 5.91 Å². The Balaban J connectivity index is 2.10. The summed E-state index contributed by atoms with van der Waals surface area (Å²) in [6.07, 6.45) is 1.56. The lowest BCUT2D eigenvalue weighted by Crippen LogP contribution is -2.24. The number of carbonyl (C=O) groups is 3. The molecule has 2 aromatic carbocycles. The third-order valence-corrected chi connectivity index (χ3v) is 4.82. The number of allylic oxidation sites excluding steroid dienone is 1. The molecule has 3 rings (SSSR count). The highest BCUT2D eigenvalue weighted by Gasteiger charge is 2.37. The first-order valence-corrected chi connectivity index (χ1v) is 9.07. The van der Waals surface area contributed by atoms with E-state index in [1.165, 1.54) is 24.1 Å². The number of rotatable bonds is 4. The van der Waals surface area contributed by atoms with Crippen LogP contribution in [0.2, 0.25) is 0 Å². The molecule has 142 valence electrons. The van der Waals surface area contributed by atoms with Crippen LogP contribution in [0.3, 0.4) is 0 Å². The lowest BCUT2D eigenvalue weighted by Gasteiger charge is -2.18. The topological polar surface area (TPSA) is 83.9 Å².